The fourth-order valence-corrected chi connectivity index (χ4v) is 2.54. The van der Waals surface area contributed by atoms with Gasteiger partial charge in [-0.2, -0.15) is 0 Å². The average Bonchev–Trinajstić information content (AvgIpc) is 3.12. The summed E-state index contributed by atoms with van der Waals surface area (Å²) >= 11 is 3.36. The molecule has 3 rings (SSSR count). The standard InChI is InChI=1S/C14H15BrN4O2/c15-10-5-3-9(4-6-10)8-12(20)17-14-19-18-13(21-14)11-2-1-7-16-11/h3-6,11,16H,1-2,7-8H2,(H,17,19,20). The Bertz CT molecular complexity index is 620. The maximum Gasteiger partial charge on any atom is 0.322 e. The highest BCUT2D eigenvalue weighted by Crippen LogP contribution is 2.22. The Morgan fingerprint density at radius 3 is 2.90 bits per heavy atom. The highest BCUT2D eigenvalue weighted by Gasteiger charge is 2.22. The number of halogens is 1. The molecule has 6 nitrogen and oxygen atoms in total. The first-order chi connectivity index (χ1) is 10.2. The summed E-state index contributed by atoms with van der Waals surface area (Å²) in [6.07, 6.45) is 2.35. The molecule has 2 heterocycles. The molecule has 1 aromatic heterocycles. The number of hydrogen-bond acceptors (Lipinski definition) is 5. The fraction of sp³-hybridized carbons (Fsp3) is 0.357. The molecule has 21 heavy (non-hydrogen) atoms. The highest BCUT2D eigenvalue weighted by atomic mass is 79.9. The van der Waals surface area contributed by atoms with Crippen molar-refractivity contribution in [2.75, 3.05) is 11.9 Å². The van der Waals surface area contributed by atoms with Crippen molar-refractivity contribution in [3.8, 4) is 0 Å². The molecular formula is C14H15BrN4O2. The third-order valence-corrected chi connectivity index (χ3v) is 3.85. The predicted octanol–water partition coefficient (Wildman–Crippen LogP) is 2.44. The Labute approximate surface area is 130 Å². The van der Waals surface area contributed by atoms with Gasteiger partial charge in [-0.1, -0.05) is 33.2 Å². The summed E-state index contributed by atoms with van der Waals surface area (Å²) in [5, 5.41) is 13.7. The van der Waals surface area contributed by atoms with Gasteiger partial charge in [0.1, 0.15) is 0 Å². The smallest absolute Gasteiger partial charge is 0.322 e. The van der Waals surface area contributed by atoms with Crippen LogP contribution in [0.4, 0.5) is 6.01 Å². The van der Waals surface area contributed by atoms with Crippen LogP contribution in [0.2, 0.25) is 0 Å². The number of amides is 1. The van der Waals surface area contributed by atoms with E-state index in [1.807, 2.05) is 24.3 Å². The lowest BCUT2D eigenvalue weighted by Crippen LogP contribution is -2.14. The summed E-state index contributed by atoms with van der Waals surface area (Å²) in [7, 11) is 0. The van der Waals surface area contributed by atoms with Crippen molar-refractivity contribution < 1.29 is 9.21 Å². The van der Waals surface area contributed by atoms with Crippen molar-refractivity contribution in [1.82, 2.24) is 15.5 Å². The number of carbonyl (C=O) groups excluding carboxylic acids is 1. The van der Waals surface area contributed by atoms with Gasteiger partial charge in [0.25, 0.3) is 0 Å². The average molecular weight is 351 g/mol. The lowest BCUT2D eigenvalue weighted by atomic mass is 10.1. The molecule has 7 heteroatoms. The van der Waals surface area contributed by atoms with E-state index in [1.54, 1.807) is 0 Å². The molecule has 1 aromatic carbocycles. The fourth-order valence-electron chi connectivity index (χ4n) is 2.27. The van der Waals surface area contributed by atoms with Gasteiger partial charge in [0.15, 0.2) is 0 Å². The van der Waals surface area contributed by atoms with E-state index in [-0.39, 0.29) is 24.4 Å². The van der Waals surface area contributed by atoms with Gasteiger partial charge in [0.05, 0.1) is 12.5 Å². The zero-order valence-corrected chi connectivity index (χ0v) is 12.9. The van der Waals surface area contributed by atoms with Gasteiger partial charge < -0.3 is 9.73 Å². The van der Waals surface area contributed by atoms with Gasteiger partial charge in [-0.3, -0.25) is 10.1 Å². The number of benzene rings is 1. The molecule has 2 aromatic rings. The van der Waals surface area contributed by atoms with Gasteiger partial charge in [-0.05, 0) is 37.1 Å². The molecule has 1 aliphatic heterocycles. The van der Waals surface area contributed by atoms with Crippen molar-refractivity contribution in [1.29, 1.82) is 0 Å². The molecule has 1 aliphatic rings. The van der Waals surface area contributed by atoms with Crippen LogP contribution in [0, 0.1) is 0 Å². The second-order valence-electron chi connectivity index (χ2n) is 4.95. The largest absolute Gasteiger partial charge is 0.406 e. The number of hydrogen-bond donors (Lipinski definition) is 2. The molecule has 1 unspecified atom stereocenters. The molecule has 0 aliphatic carbocycles. The minimum Gasteiger partial charge on any atom is -0.406 e. The quantitative estimate of drug-likeness (QED) is 0.885. The maximum absolute atomic E-state index is 11.9. The summed E-state index contributed by atoms with van der Waals surface area (Å²) in [6, 6.07) is 7.85. The van der Waals surface area contributed by atoms with Crippen molar-refractivity contribution >= 4 is 27.9 Å². The first-order valence-corrected chi connectivity index (χ1v) is 7.61. The van der Waals surface area contributed by atoms with Crippen LogP contribution in [0.15, 0.2) is 33.2 Å². The third kappa shape index (κ3) is 3.68. The highest BCUT2D eigenvalue weighted by molar-refractivity contribution is 9.10. The van der Waals surface area contributed by atoms with Crippen LogP contribution in [-0.4, -0.2) is 22.6 Å². The van der Waals surface area contributed by atoms with Crippen LogP contribution in [-0.2, 0) is 11.2 Å². The number of nitrogens with zero attached hydrogens (tertiary/aromatic N) is 2. The number of nitrogens with one attached hydrogen (secondary N) is 2. The van der Waals surface area contributed by atoms with Crippen LogP contribution < -0.4 is 10.6 Å². The van der Waals surface area contributed by atoms with Crippen molar-refractivity contribution in [2.45, 2.75) is 25.3 Å². The summed E-state index contributed by atoms with van der Waals surface area (Å²) in [5.74, 6) is 0.360. The van der Waals surface area contributed by atoms with Crippen LogP contribution in [0.3, 0.4) is 0 Å². The summed E-state index contributed by atoms with van der Waals surface area (Å²) < 4.78 is 6.45. The van der Waals surface area contributed by atoms with E-state index in [4.69, 9.17) is 4.42 Å². The Kier molecular flexibility index (Phi) is 4.31. The first kappa shape index (κ1) is 14.2. The Morgan fingerprint density at radius 2 is 2.19 bits per heavy atom. The topological polar surface area (TPSA) is 80.0 Å². The van der Waals surface area contributed by atoms with Gasteiger partial charge >= 0.3 is 6.01 Å². The zero-order valence-electron chi connectivity index (χ0n) is 11.3. The predicted molar refractivity (Wildman–Crippen MR) is 80.8 cm³/mol. The maximum atomic E-state index is 11.9. The van der Waals surface area contributed by atoms with Gasteiger partial charge in [-0.25, -0.2) is 0 Å². The SMILES string of the molecule is O=C(Cc1ccc(Br)cc1)Nc1nnc(C2CCCN2)o1. The van der Waals surface area contributed by atoms with Crippen molar-refractivity contribution in [2.24, 2.45) is 0 Å². The van der Waals surface area contributed by atoms with E-state index < -0.39 is 0 Å². The van der Waals surface area contributed by atoms with E-state index in [0.717, 1.165) is 29.4 Å². The molecule has 1 atom stereocenters. The number of carbonyl (C=O) groups is 1. The molecule has 1 fully saturated rings. The van der Waals surface area contributed by atoms with Gasteiger partial charge in [-0.15, -0.1) is 5.10 Å². The van der Waals surface area contributed by atoms with E-state index >= 15 is 0 Å². The van der Waals surface area contributed by atoms with Gasteiger partial charge in [0.2, 0.25) is 11.8 Å². The van der Waals surface area contributed by atoms with Crippen molar-refractivity contribution in [3.05, 3.63) is 40.2 Å². The molecule has 0 saturated carbocycles. The molecule has 1 saturated heterocycles. The Hall–Kier alpha value is -1.73. The number of anilines is 1. The molecule has 1 amide bonds. The number of rotatable bonds is 4. The monoisotopic (exact) mass is 350 g/mol. The first-order valence-electron chi connectivity index (χ1n) is 6.82. The van der Waals surface area contributed by atoms with Crippen LogP contribution in [0.1, 0.15) is 30.3 Å². The molecule has 2 N–H and O–H groups in total. The Morgan fingerprint density at radius 1 is 1.38 bits per heavy atom. The molecule has 110 valence electrons. The molecule has 0 spiro atoms. The minimum absolute atomic E-state index is 0.106. The Balaban J connectivity index is 1.58. The van der Waals surface area contributed by atoms with Crippen LogP contribution in [0.5, 0.6) is 0 Å². The molecule has 0 bridgehead atoms. The summed E-state index contributed by atoms with van der Waals surface area (Å²) in [4.78, 5) is 11.9. The number of aromatic nitrogens is 2. The van der Waals surface area contributed by atoms with E-state index in [0.29, 0.717) is 5.89 Å². The summed E-state index contributed by atoms with van der Waals surface area (Å²) in [6.45, 7) is 0.957. The van der Waals surface area contributed by atoms with Gasteiger partial charge in [0, 0.05) is 4.47 Å². The lowest BCUT2D eigenvalue weighted by molar-refractivity contribution is -0.115. The second kappa shape index (κ2) is 6.36. The molecule has 0 radical (unpaired) electrons. The normalized spacial score (nSPS) is 17.9. The van der Waals surface area contributed by atoms with Crippen molar-refractivity contribution in [3.63, 3.8) is 0 Å². The molecular weight excluding hydrogens is 336 g/mol. The van der Waals surface area contributed by atoms with E-state index in [9.17, 15) is 4.79 Å². The van der Waals surface area contributed by atoms with Crippen LogP contribution >= 0.6 is 15.9 Å². The third-order valence-electron chi connectivity index (χ3n) is 3.32. The van der Waals surface area contributed by atoms with E-state index in [2.05, 4.69) is 36.8 Å². The zero-order chi connectivity index (χ0) is 14.7. The van der Waals surface area contributed by atoms with E-state index in [1.165, 1.54) is 0 Å². The summed E-state index contributed by atoms with van der Waals surface area (Å²) in [5.41, 5.74) is 0.924. The van der Waals surface area contributed by atoms with Crippen LogP contribution in [0.25, 0.3) is 0 Å². The lowest BCUT2D eigenvalue weighted by Gasteiger charge is -2.03. The minimum atomic E-state index is -0.174. The second-order valence-corrected chi connectivity index (χ2v) is 5.86.